The molecule has 3 rings (SSSR count). The molecule has 17 heavy (non-hydrogen) atoms. The number of hydrogen-bond acceptors (Lipinski definition) is 2. The lowest BCUT2D eigenvalue weighted by Crippen LogP contribution is -2.27. The second-order valence-corrected chi connectivity index (χ2v) is 4.46. The van der Waals surface area contributed by atoms with E-state index in [4.69, 9.17) is 0 Å². The SMILES string of the molecule is O=C(Nc1ccc2[nH]c(=O)[nH]c2c1)C1CCC1. The first-order chi connectivity index (χ1) is 8.22. The highest BCUT2D eigenvalue weighted by atomic mass is 16.2. The summed E-state index contributed by atoms with van der Waals surface area (Å²) in [5.74, 6) is 0.240. The van der Waals surface area contributed by atoms with Crippen molar-refractivity contribution in [1.29, 1.82) is 0 Å². The predicted octanol–water partition coefficient (Wildman–Crippen LogP) is 1.59. The third-order valence-corrected chi connectivity index (χ3v) is 3.26. The molecule has 2 aromatic rings. The van der Waals surface area contributed by atoms with Crippen molar-refractivity contribution in [3.8, 4) is 0 Å². The predicted molar refractivity (Wildman–Crippen MR) is 64.9 cm³/mol. The van der Waals surface area contributed by atoms with Gasteiger partial charge in [0.25, 0.3) is 0 Å². The van der Waals surface area contributed by atoms with Gasteiger partial charge in [0.05, 0.1) is 11.0 Å². The van der Waals surface area contributed by atoms with E-state index in [1.165, 1.54) is 0 Å². The molecule has 1 aliphatic carbocycles. The lowest BCUT2D eigenvalue weighted by Gasteiger charge is -2.23. The zero-order valence-corrected chi connectivity index (χ0v) is 9.25. The average Bonchev–Trinajstić information content (AvgIpc) is 2.54. The molecule has 1 saturated carbocycles. The van der Waals surface area contributed by atoms with Crippen LogP contribution in [0.4, 0.5) is 5.69 Å². The Hall–Kier alpha value is -2.04. The Labute approximate surface area is 97.2 Å². The Bertz CT molecular complexity index is 622. The molecular weight excluding hydrogens is 218 g/mol. The largest absolute Gasteiger partial charge is 0.326 e. The van der Waals surface area contributed by atoms with Gasteiger partial charge in [-0.05, 0) is 31.0 Å². The van der Waals surface area contributed by atoms with E-state index in [1.807, 2.05) is 0 Å². The van der Waals surface area contributed by atoms with Crippen LogP contribution in [-0.2, 0) is 4.79 Å². The number of benzene rings is 1. The number of aromatic amines is 2. The van der Waals surface area contributed by atoms with Crippen LogP contribution in [0.1, 0.15) is 19.3 Å². The monoisotopic (exact) mass is 231 g/mol. The quantitative estimate of drug-likeness (QED) is 0.734. The van der Waals surface area contributed by atoms with E-state index >= 15 is 0 Å². The van der Waals surface area contributed by atoms with Crippen LogP contribution in [0.3, 0.4) is 0 Å². The number of aromatic nitrogens is 2. The van der Waals surface area contributed by atoms with Crippen LogP contribution >= 0.6 is 0 Å². The van der Waals surface area contributed by atoms with Crippen LogP contribution in [0.15, 0.2) is 23.0 Å². The summed E-state index contributed by atoms with van der Waals surface area (Å²) >= 11 is 0. The van der Waals surface area contributed by atoms with Gasteiger partial charge in [-0.2, -0.15) is 0 Å². The molecular formula is C12H13N3O2. The van der Waals surface area contributed by atoms with Crippen molar-refractivity contribution in [2.24, 2.45) is 5.92 Å². The van der Waals surface area contributed by atoms with Crippen LogP contribution < -0.4 is 11.0 Å². The number of anilines is 1. The van der Waals surface area contributed by atoms with E-state index in [1.54, 1.807) is 18.2 Å². The summed E-state index contributed by atoms with van der Waals surface area (Å²) in [4.78, 5) is 28.2. The van der Waals surface area contributed by atoms with E-state index in [-0.39, 0.29) is 17.5 Å². The Morgan fingerprint density at radius 3 is 2.71 bits per heavy atom. The normalized spacial score (nSPS) is 15.8. The number of amides is 1. The Morgan fingerprint density at radius 1 is 1.24 bits per heavy atom. The highest BCUT2D eigenvalue weighted by Crippen LogP contribution is 2.27. The molecule has 0 bridgehead atoms. The number of carbonyl (C=O) groups is 1. The number of imidazole rings is 1. The molecule has 0 aliphatic heterocycles. The van der Waals surface area contributed by atoms with E-state index < -0.39 is 0 Å². The highest BCUT2D eigenvalue weighted by Gasteiger charge is 2.25. The molecule has 0 radical (unpaired) electrons. The molecule has 5 nitrogen and oxygen atoms in total. The lowest BCUT2D eigenvalue weighted by atomic mass is 9.85. The van der Waals surface area contributed by atoms with Gasteiger partial charge in [0, 0.05) is 11.6 Å². The second kappa shape index (κ2) is 3.76. The number of nitrogens with one attached hydrogen (secondary N) is 3. The molecule has 1 fully saturated rings. The third-order valence-electron chi connectivity index (χ3n) is 3.26. The zero-order chi connectivity index (χ0) is 11.8. The molecule has 0 saturated heterocycles. The van der Waals surface area contributed by atoms with Gasteiger partial charge in [0.2, 0.25) is 5.91 Å². The molecule has 1 aliphatic rings. The fourth-order valence-electron chi connectivity index (χ4n) is 2.03. The summed E-state index contributed by atoms with van der Waals surface area (Å²) in [5.41, 5.74) is 1.95. The van der Waals surface area contributed by atoms with E-state index in [0.717, 1.165) is 30.5 Å². The minimum atomic E-state index is -0.234. The van der Waals surface area contributed by atoms with Crippen molar-refractivity contribution in [2.75, 3.05) is 5.32 Å². The maximum atomic E-state index is 11.7. The molecule has 0 unspecified atom stereocenters. The molecule has 0 atom stereocenters. The van der Waals surface area contributed by atoms with E-state index in [9.17, 15) is 9.59 Å². The van der Waals surface area contributed by atoms with Crippen molar-refractivity contribution >= 4 is 22.6 Å². The minimum absolute atomic E-state index is 0.0773. The Morgan fingerprint density at radius 2 is 2.00 bits per heavy atom. The molecule has 0 spiro atoms. The highest BCUT2D eigenvalue weighted by molar-refractivity contribution is 5.94. The van der Waals surface area contributed by atoms with E-state index in [2.05, 4.69) is 15.3 Å². The van der Waals surface area contributed by atoms with Crippen LogP contribution in [0.5, 0.6) is 0 Å². The number of hydrogen-bond donors (Lipinski definition) is 3. The van der Waals surface area contributed by atoms with E-state index in [0.29, 0.717) is 5.52 Å². The van der Waals surface area contributed by atoms with Crippen LogP contribution in [-0.4, -0.2) is 15.9 Å². The van der Waals surface area contributed by atoms with Crippen molar-refractivity contribution in [3.63, 3.8) is 0 Å². The van der Waals surface area contributed by atoms with Crippen LogP contribution in [0.2, 0.25) is 0 Å². The fraction of sp³-hybridized carbons (Fsp3) is 0.333. The second-order valence-electron chi connectivity index (χ2n) is 4.46. The number of H-pyrrole nitrogens is 2. The molecule has 1 amide bonds. The zero-order valence-electron chi connectivity index (χ0n) is 9.25. The summed E-state index contributed by atoms with van der Waals surface area (Å²) in [6.45, 7) is 0. The molecule has 1 aromatic heterocycles. The first-order valence-electron chi connectivity index (χ1n) is 5.75. The molecule has 1 aromatic carbocycles. The van der Waals surface area contributed by atoms with Crippen molar-refractivity contribution in [1.82, 2.24) is 9.97 Å². The number of carbonyl (C=O) groups excluding carboxylic acids is 1. The summed E-state index contributed by atoms with van der Waals surface area (Å²) in [5, 5.41) is 2.87. The maximum absolute atomic E-state index is 11.7. The lowest BCUT2D eigenvalue weighted by molar-refractivity contribution is -0.122. The third kappa shape index (κ3) is 1.84. The molecule has 5 heteroatoms. The smallest absolute Gasteiger partial charge is 0.323 e. The van der Waals surface area contributed by atoms with Crippen LogP contribution in [0, 0.1) is 5.92 Å². The molecule has 1 heterocycles. The van der Waals surface area contributed by atoms with Crippen molar-refractivity contribution in [2.45, 2.75) is 19.3 Å². The Kier molecular flexibility index (Phi) is 2.24. The van der Waals surface area contributed by atoms with Gasteiger partial charge in [-0.15, -0.1) is 0 Å². The van der Waals surface area contributed by atoms with Gasteiger partial charge in [-0.3, -0.25) is 4.79 Å². The fourth-order valence-corrected chi connectivity index (χ4v) is 2.03. The first-order valence-corrected chi connectivity index (χ1v) is 5.75. The summed E-state index contributed by atoms with van der Waals surface area (Å²) < 4.78 is 0. The summed E-state index contributed by atoms with van der Waals surface area (Å²) in [6, 6.07) is 5.34. The van der Waals surface area contributed by atoms with Gasteiger partial charge >= 0.3 is 5.69 Å². The van der Waals surface area contributed by atoms with Gasteiger partial charge in [0.1, 0.15) is 0 Å². The maximum Gasteiger partial charge on any atom is 0.323 e. The van der Waals surface area contributed by atoms with Gasteiger partial charge < -0.3 is 15.3 Å². The first kappa shape index (κ1) is 10.1. The standard InChI is InChI=1S/C12H13N3O2/c16-11(7-2-1-3-7)13-8-4-5-9-10(6-8)15-12(17)14-9/h4-7H,1-3H2,(H,13,16)(H2,14,15,17). The van der Waals surface area contributed by atoms with Crippen molar-refractivity contribution in [3.05, 3.63) is 28.7 Å². The van der Waals surface area contributed by atoms with Gasteiger partial charge in [-0.25, -0.2) is 4.79 Å². The Balaban J connectivity index is 1.84. The topological polar surface area (TPSA) is 77.8 Å². The van der Waals surface area contributed by atoms with Gasteiger partial charge in [0.15, 0.2) is 0 Å². The van der Waals surface area contributed by atoms with Gasteiger partial charge in [-0.1, -0.05) is 6.42 Å². The molecule has 3 N–H and O–H groups in total. The number of fused-ring (bicyclic) bond motifs is 1. The summed E-state index contributed by atoms with van der Waals surface area (Å²) in [6.07, 6.45) is 3.10. The van der Waals surface area contributed by atoms with Crippen molar-refractivity contribution < 1.29 is 4.79 Å². The molecule has 88 valence electrons. The summed E-state index contributed by atoms with van der Waals surface area (Å²) in [7, 11) is 0. The number of rotatable bonds is 2. The van der Waals surface area contributed by atoms with Crippen LogP contribution in [0.25, 0.3) is 11.0 Å². The minimum Gasteiger partial charge on any atom is -0.326 e. The average molecular weight is 231 g/mol.